The number of benzene rings is 1. The summed E-state index contributed by atoms with van der Waals surface area (Å²) in [6.07, 6.45) is 5.61. The van der Waals surface area contributed by atoms with Gasteiger partial charge in [0.05, 0.1) is 11.7 Å². The Hall–Kier alpha value is -2.62. The molecule has 1 N–H and O–H groups in total. The predicted octanol–water partition coefficient (Wildman–Crippen LogP) is 3.12. The van der Waals surface area contributed by atoms with Gasteiger partial charge >= 0.3 is 0 Å². The number of aromatic nitrogens is 4. The van der Waals surface area contributed by atoms with Gasteiger partial charge in [0.1, 0.15) is 11.3 Å². The topological polar surface area (TPSA) is 46.5 Å². The van der Waals surface area contributed by atoms with Gasteiger partial charge in [-0.3, -0.25) is 4.98 Å². The second kappa shape index (κ2) is 3.68. The Balaban J connectivity index is 2.07. The van der Waals surface area contributed by atoms with Crippen molar-refractivity contribution in [1.29, 1.82) is 0 Å². The van der Waals surface area contributed by atoms with Crippen LogP contribution in [0.3, 0.4) is 0 Å². The molecule has 19 heavy (non-hydrogen) atoms. The number of fused-ring (bicyclic) bond motifs is 2. The van der Waals surface area contributed by atoms with E-state index in [1.54, 1.807) is 12.4 Å². The van der Waals surface area contributed by atoms with Crippen molar-refractivity contribution >= 4 is 21.9 Å². The number of hydrogen-bond donors (Lipinski definition) is 1. The molecule has 0 radical (unpaired) electrons. The molecule has 4 rings (SSSR count). The monoisotopic (exact) mass is 248 g/mol. The molecule has 0 spiro atoms. The molecule has 1 aromatic carbocycles. The SMILES string of the molecule is Cn1c(-c2c[nH]c3ccccc23)nc2cnccc21. The Morgan fingerprint density at radius 3 is 2.95 bits per heavy atom. The molecule has 4 heteroatoms. The van der Waals surface area contributed by atoms with Crippen molar-refractivity contribution < 1.29 is 0 Å². The van der Waals surface area contributed by atoms with E-state index in [0.29, 0.717) is 0 Å². The third-order valence-electron chi connectivity index (χ3n) is 3.51. The smallest absolute Gasteiger partial charge is 0.143 e. The standard InChI is InChI=1S/C15H12N4/c1-19-14-6-7-16-9-13(14)18-15(19)11-8-17-12-5-3-2-4-10(11)12/h2-9,17H,1H3. The molecule has 0 aliphatic rings. The minimum absolute atomic E-state index is 0.922. The molecule has 0 saturated carbocycles. The first-order valence-electron chi connectivity index (χ1n) is 6.17. The van der Waals surface area contributed by atoms with Gasteiger partial charge in [-0.15, -0.1) is 0 Å². The minimum atomic E-state index is 0.922. The Morgan fingerprint density at radius 2 is 2.05 bits per heavy atom. The summed E-state index contributed by atoms with van der Waals surface area (Å²) in [4.78, 5) is 12.1. The van der Waals surface area contributed by atoms with Crippen LogP contribution in [0.25, 0.3) is 33.3 Å². The summed E-state index contributed by atoms with van der Waals surface area (Å²) < 4.78 is 2.10. The van der Waals surface area contributed by atoms with E-state index < -0.39 is 0 Å². The molecule has 4 aromatic rings. The second-order valence-corrected chi connectivity index (χ2v) is 4.61. The van der Waals surface area contributed by atoms with Crippen LogP contribution in [0.15, 0.2) is 48.9 Å². The van der Waals surface area contributed by atoms with E-state index in [4.69, 9.17) is 0 Å². The fourth-order valence-corrected chi connectivity index (χ4v) is 2.55. The maximum Gasteiger partial charge on any atom is 0.143 e. The van der Waals surface area contributed by atoms with Crippen LogP contribution in [-0.2, 0) is 7.05 Å². The fraction of sp³-hybridized carbons (Fsp3) is 0.0667. The summed E-state index contributed by atoms with van der Waals surface area (Å²) in [5.41, 5.74) is 4.26. The number of nitrogens with zero attached hydrogens (tertiary/aromatic N) is 3. The maximum absolute atomic E-state index is 4.69. The van der Waals surface area contributed by atoms with Gasteiger partial charge in [0, 0.05) is 35.9 Å². The van der Waals surface area contributed by atoms with E-state index in [1.165, 1.54) is 5.39 Å². The first kappa shape index (κ1) is 10.3. The van der Waals surface area contributed by atoms with E-state index in [2.05, 4.69) is 31.7 Å². The number of hydrogen-bond acceptors (Lipinski definition) is 2. The molecule has 0 bridgehead atoms. The largest absolute Gasteiger partial charge is 0.360 e. The average molecular weight is 248 g/mol. The summed E-state index contributed by atoms with van der Waals surface area (Å²) in [7, 11) is 2.03. The van der Waals surface area contributed by atoms with Gasteiger partial charge in [0.2, 0.25) is 0 Å². The van der Waals surface area contributed by atoms with E-state index in [-0.39, 0.29) is 0 Å². The third kappa shape index (κ3) is 1.40. The zero-order valence-electron chi connectivity index (χ0n) is 10.5. The lowest BCUT2D eigenvalue weighted by molar-refractivity contribution is 0.960. The van der Waals surface area contributed by atoms with E-state index in [0.717, 1.165) is 27.9 Å². The molecule has 0 saturated heterocycles. The first-order chi connectivity index (χ1) is 9.34. The summed E-state index contributed by atoms with van der Waals surface area (Å²) in [5, 5.41) is 1.19. The molecule has 0 atom stereocenters. The number of nitrogens with one attached hydrogen (secondary N) is 1. The first-order valence-corrected chi connectivity index (χ1v) is 6.17. The molecule has 4 nitrogen and oxygen atoms in total. The Labute approximate surface area is 109 Å². The van der Waals surface area contributed by atoms with Crippen molar-refractivity contribution in [2.45, 2.75) is 0 Å². The van der Waals surface area contributed by atoms with Crippen LogP contribution in [0, 0.1) is 0 Å². The number of aryl methyl sites for hydroxylation is 1. The number of H-pyrrole nitrogens is 1. The van der Waals surface area contributed by atoms with Gasteiger partial charge < -0.3 is 9.55 Å². The van der Waals surface area contributed by atoms with Gasteiger partial charge in [0.25, 0.3) is 0 Å². The number of imidazole rings is 1. The highest BCUT2D eigenvalue weighted by molar-refractivity contribution is 5.95. The van der Waals surface area contributed by atoms with E-state index in [9.17, 15) is 0 Å². The van der Waals surface area contributed by atoms with Crippen molar-refractivity contribution in [3.05, 3.63) is 48.9 Å². The lowest BCUT2D eigenvalue weighted by Gasteiger charge is -2.00. The fourth-order valence-electron chi connectivity index (χ4n) is 2.55. The summed E-state index contributed by atoms with van der Waals surface area (Å²) in [6, 6.07) is 10.2. The highest BCUT2D eigenvalue weighted by atomic mass is 15.1. The van der Waals surface area contributed by atoms with E-state index in [1.807, 2.05) is 31.4 Å². The van der Waals surface area contributed by atoms with Crippen molar-refractivity contribution in [1.82, 2.24) is 19.5 Å². The maximum atomic E-state index is 4.69. The van der Waals surface area contributed by atoms with Gasteiger partial charge in [0.15, 0.2) is 0 Å². The molecule has 92 valence electrons. The molecule has 0 aliphatic carbocycles. The van der Waals surface area contributed by atoms with Crippen molar-refractivity contribution in [2.24, 2.45) is 7.05 Å². The molecule has 0 unspecified atom stereocenters. The van der Waals surface area contributed by atoms with Crippen molar-refractivity contribution in [3.8, 4) is 11.4 Å². The second-order valence-electron chi connectivity index (χ2n) is 4.61. The van der Waals surface area contributed by atoms with Crippen LogP contribution in [0.2, 0.25) is 0 Å². The van der Waals surface area contributed by atoms with Crippen LogP contribution in [-0.4, -0.2) is 19.5 Å². The molecule has 0 aliphatic heterocycles. The zero-order valence-corrected chi connectivity index (χ0v) is 10.5. The Bertz CT molecular complexity index is 885. The van der Waals surface area contributed by atoms with Crippen molar-refractivity contribution in [3.63, 3.8) is 0 Å². The number of rotatable bonds is 1. The Kier molecular flexibility index (Phi) is 2.00. The molecule has 3 aromatic heterocycles. The average Bonchev–Trinajstić information content (AvgIpc) is 3.01. The lowest BCUT2D eigenvalue weighted by Crippen LogP contribution is -1.91. The minimum Gasteiger partial charge on any atom is -0.360 e. The van der Waals surface area contributed by atoms with E-state index >= 15 is 0 Å². The molecular weight excluding hydrogens is 236 g/mol. The van der Waals surface area contributed by atoms with Crippen LogP contribution in [0.1, 0.15) is 0 Å². The van der Waals surface area contributed by atoms with Crippen LogP contribution < -0.4 is 0 Å². The van der Waals surface area contributed by atoms with Crippen molar-refractivity contribution in [2.75, 3.05) is 0 Å². The highest BCUT2D eigenvalue weighted by Crippen LogP contribution is 2.29. The number of aromatic amines is 1. The number of pyridine rings is 1. The number of para-hydroxylation sites is 1. The van der Waals surface area contributed by atoms with Gasteiger partial charge in [-0.25, -0.2) is 4.98 Å². The van der Waals surface area contributed by atoms with Gasteiger partial charge in [-0.1, -0.05) is 18.2 Å². The normalized spacial score (nSPS) is 11.4. The third-order valence-corrected chi connectivity index (χ3v) is 3.51. The summed E-state index contributed by atoms with van der Waals surface area (Å²) in [6.45, 7) is 0. The summed E-state index contributed by atoms with van der Waals surface area (Å²) in [5.74, 6) is 0.959. The van der Waals surface area contributed by atoms with Gasteiger partial charge in [-0.05, 0) is 12.1 Å². The zero-order chi connectivity index (χ0) is 12.8. The van der Waals surface area contributed by atoms with Crippen LogP contribution in [0.5, 0.6) is 0 Å². The van der Waals surface area contributed by atoms with Crippen LogP contribution >= 0.6 is 0 Å². The lowest BCUT2D eigenvalue weighted by atomic mass is 10.1. The Morgan fingerprint density at radius 1 is 1.16 bits per heavy atom. The molecule has 0 amide bonds. The molecule has 0 fully saturated rings. The van der Waals surface area contributed by atoms with Gasteiger partial charge in [-0.2, -0.15) is 0 Å². The highest BCUT2D eigenvalue weighted by Gasteiger charge is 2.13. The van der Waals surface area contributed by atoms with Crippen LogP contribution in [0.4, 0.5) is 0 Å². The summed E-state index contributed by atoms with van der Waals surface area (Å²) >= 11 is 0. The molecule has 3 heterocycles. The predicted molar refractivity (Wildman–Crippen MR) is 75.8 cm³/mol. The molecular formula is C15H12N4. The quantitative estimate of drug-likeness (QED) is 0.562.